The largest absolute Gasteiger partial charge is 0.352 e. The molecule has 4 aromatic rings. The molecule has 2 amide bonds. The van der Waals surface area contributed by atoms with Crippen LogP contribution < -0.4 is 10.6 Å². The zero-order valence-corrected chi connectivity index (χ0v) is 17.2. The van der Waals surface area contributed by atoms with Crippen molar-refractivity contribution in [1.29, 1.82) is 0 Å². The van der Waals surface area contributed by atoms with Gasteiger partial charge in [0.15, 0.2) is 0 Å². The number of fused-ring (bicyclic) bond motifs is 1. The van der Waals surface area contributed by atoms with Crippen LogP contribution in [0.3, 0.4) is 0 Å². The Morgan fingerprint density at radius 3 is 2.58 bits per heavy atom. The molecule has 4 rings (SSSR count). The van der Waals surface area contributed by atoms with Crippen molar-refractivity contribution in [3.05, 3.63) is 78.9 Å². The maximum Gasteiger partial charge on any atom is 0.251 e. The molecular weight excluding hydrogens is 390 g/mol. The molecule has 156 valence electrons. The maximum atomic E-state index is 12.6. The summed E-state index contributed by atoms with van der Waals surface area (Å²) in [5.74, 6) is -0.198. The summed E-state index contributed by atoms with van der Waals surface area (Å²) in [5.41, 5.74) is 3.43. The molecule has 0 aliphatic carbocycles. The Balaban J connectivity index is 1.50. The highest BCUT2D eigenvalue weighted by atomic mass is 16.2. The number of hydrogen-bond donors (Lipinski definition) is 2. The topological polar surface area (TPSA) is 88.9 Å². The second-order valence-electron chi connectivity index (χ2n) is 7.31. The molecule has 31 heavy (non-hydrogen) atoms. The Kier molecular flexibility index (Phi) is 6.03. The van der Waals surface area contributed by atoms with Gasteiger partial charge in [0.25, 0.3) is 5.91 Å². The molecule has 0 spiro atoms. The normalized spacial score (nSPS) is 10.7. The van der Waals surface area contributed by atoms with Crippen molar-refractivity contribution in [1.82, 2.24) is 20.1 Å². The van der Waals surface area contributed by atoms with E-state index < -0.39 is 0 Å². The lowest BCUT2D eigenvalue weighted by atomic mass is 9.96. The smallest absolute Gasteiger partial charge is 0.251 e. The maximum absolute atomic E-state index is 12.6. The molecule has 0 fully saturated rings. The highest BCUT2D eigenvalue weighted by Gasteiger charge is 2.09. The van der Waals surface area contributed by atoms with Crippen LogP contribution in [0.2, 0.25) is 0 Å². The third-order valence-electron chi connectivity index (χ3n) is 4.98. The first kappa shape index (κ1) is 20.3. The van der Waals surface area contributed by atoms with E-state index in [0.29, 0.717) is 12.1 Å². The van der Waals surface area contributed by atoms with Crippen molar-refractivity contribution in [2.45, 2.75) is 19.9 Å². The molecule has 0 saturated heterocycles. The number of carbonyl (C=O) groups excluding carboxylic acids is 2. The van der Waals surface area contributed by atoms with Crippen LogP contribution in [-0.4, -0.2) is 33.1 Å². The summed E-state index contributed by atoms with van der Waals surface area (Å²) in [4.78, 5) is 23.9. The van der Waals surface area contributed by atoms with Crippen LogP contribution >= 0.6 is 0 Å². The van der Waals surface area contributed by atoms with Crippen LogP contribution in [0.25, 0.3) is 21.9 Å². The fourth-order valence-electron chi connectivity index (χ4n) is 3.55. The highest BCUT2D eigenvalue weighted by Crippen LogP contribution is 2.30. The molecule has 7 heteroatoms. The van der Waals surface area contributed by atoms with E-state index in [1.165, 1.54) is 6.92 Å². The number of nitrogens with zero attached hydrogens (tertiary/aromatic N) is 3. The monoisotopic (exact) mass is 413 g/mol. The number of anilines is 1. The molecule has 0 bridgehead atoms. The summed E-state index contributed by atoms with van der Waals surface area (Å²) in [7, 11) is 0. The van der Waals surface area contributed by atoms with Gasteiger partial charge in [-0.1, -0.05) is 36.4 Å². The third kappa shape index (κ3) is 4.95. The number of hydrogen-bond acceptors (Lipinski definition) is 4. The lowest BCUT2D eigenvalue weighted by Gasteiger charge is -2.11. The lowest BCUT2D eigenvalue weighted by Crippen LogP contribution is -2.25. The molecule has 0 aliphatic heterocycles. The highest BCUT2D eigenvalue weighted by molar-refractivity contribution is 6.03. The molecular formula is C24H23N5O2. The Labute approximate surface area is 180 Å². The number of amides is 2. The minimum absolute atomic E-state index is 0.0938. The van der Waals surface area contributed by atoms with Crippen molar-refractivity contribution in [2.24, 2.45) is 0 Å². The molecule has 0 radical (unpaired) electrons. The summed E-state index contributed by atoms with van der Waals surface area (Å²) in [5, 5.41) is 15.4. The zero-order valence-electron chi connectivity index (χ0n) is 17.2. The Morgan fingerprint density at radius 1 is 0.968 bits per heavy atom. The van der Waals surface area contributed by atoms with E-state index >= 15 is 0 Å². The number of nitrogens with one attached hydrogen (secondary N) is 2. The van der Waals surface area contributed by atoms with Gasteiger partial charge in [-0.3, -0.25) is 9.59 Å². The van der Waals surface area contributed by atoms with Crippen molar-refractivity contribution < 1.29 is 9.59 Å². The first-order valence-corrected chi connectivity index (χ1v) is 10.1. The van der Waals surface area contributed by atoms with Gasteiger partial charge in [0.05, 0.1) is 0 Å². The first-order valence-electron chi connectivity index (χ1n) is 10.1. The number of aryl methyl sites for hydroxylation is 1. The lowest BCUT2D eigenvalue weighted by molar-refractivity contribution is -0.114. The van der Waals surface area contributed by atoms with E-state index in [4.69, 9.17) is 0 Å². The Morgan fingerprint density at radius 2 is 1.77 bits per heavy atom. The average molecular weight is 413 g/mol. The van der Waals surface area contributed by atoms with Gasteiger partial charge in [-0.05, 0) is 52.6 Å². The fraction of sp³-hybridized carbons (Fsp3) is 0.167. The van der Waals surface area contributed by atoms with Crippen molar-refractivity contribution in [3.8, 4) is 11.1 Å². The summed E-state index contributed by atoms with van der Waals surface area (Å²) >= 11 is 0. The summed E-state index contributed by atoms with van der Waals surface area (Å²) in [6, 6.07) is 19.5. The second-order valence-corrected chi connectivity index (χ2v) is 7.31. The van der Waals surface area contributed by atoms with Crippen LogP contribution in [0, 0.1) is 0 Å². The summed E-state index contributed by atoms with van der Waals surface area (Å²) in [6.45, 7) is 2.82. The Hall–Kier alpha value is -4.00. The van der Waals surface area contributed by atoms with Crippen LogP contribution in [0.1, 0.15) is 23.7 Å². The molecule has 2 N–H and O–H groups in total. The first-order chi connectivity index (χ1) is 15.1. The van der Waals surface area contributed by atoms with E-state index in [9.17, 15) is 9.59 Å². The SMILES string of the molecule is CC(=O)Nc1cccc(-c2cccc3cc(C(=O)NCCCn4cnnc4)ccc23)c1. The van der Waals surface area contributed by atoms with Crippen LogP contribution in [0.5, 0.6) is 0 Å². The van der Waals surface area contributed by atoms with Crippen molar-refractivity contribution in [3.63, 3.8) is 0 Å². The number of rotatable bonds is 7. The average Bonchev–Trinajstić information content (AvgIpc) is 3.29. The van der Waals surface area contributed by atoms with E-state index in [2.05, 4.69) is 20.8 Å². The predicted octanol–water partition coefficient (Wildman–Crippen LogP) is 3.88. The van der Waals surface area contributed by atoms with E-state index in [-0.39, 0.29) is 11.8 Å². The standard InChI is InChI=1S/C24H23N5O2/c1-17(30)28-21-7-2-5-19(14-21)22-8-3-6-18-13-20(9-10-23(18)22)24(31)25-11-4-12-29-15-26-27-16-29/h2-3,5-10,13-16H,4,11-12H2,1H3,(H,25,31)(H,28,30). The summed E-state index contributed by atoms with van der Waals surface area (Å²) in [6.07, 6.45) is 4.12. The molecule has 0 aliphatic rings. The zero-order chi connectivity index (χ0) is 21.6. The van der Waals surface area contributed by atoms with E-state index in [0.717, 1.165) is 40.6 Å². The van der Waals surface area contributed by atoms with Crippen molar-refractivity contribution >= 4 is 28.3 Å². The number of benzene rings is 3. The molecule has 3 aromatic carbocycles. The molecule has 1 heterocycles. The Bertz CT molecular complexity index is 1220. The van der Waals surface area contributed by atoms with Crippen LogP contribution in [0.4, 0.5) is 5.69 Å². The molecule has 1 aromatic heterocycles. The van der Waals surface area contributed by atoms with Gasteiger partial charge < -0.3 is 15.2 Å². The van der Waals surface area contributed by atoms with Gasteiger partial charge in [0.1, 0.15) is 12.7 Å². The minimum atomic E-state index is -0.104. The van der Waals surface area contributed by atoms with Crippen molar-refractivity contribution in [2.75, 3.05) is 11.9 Å². The second kappa shape index (κ2) is 9.21. The van der Waals surface area contributed by atoms with E-state index in [1.54, 1.807) is 12.7 Å². The molecule has 0 saturated carbocycles. The molecule has 0 atom stereocenters. The van der Waals surface area contributed by atoms with Gasteiger partial charge in [0.2, 0.25) is 5.91 Å². The minimum Gasteiger partial charge on any atom is -0.352 e. The van der Waals surface area contributed by atoms with Gasteiger partial charge in [-0.2, -0.15) is 0 Å². The van der Waals surface area contributed by atoms with Gasteiger partial charge >= 0.3 is 0 Å². The third-order valence-corrected chi connectivity index (χ3v) is 4.98. The van der Waals surface area contributed by atoms with Gasteiger partial charge in [-0.25, -0.2) is 0 Å². The quantitative estimate of drug-likeness (QED) is 0.450. The fourth-order valence-corrected chi connectivity index (χ4v) is 3.55. The summed E-state index contributed by atoms with van der Waals surface area (Å²) < 4.78 is 1.88. The van der Waals surface area contributed by atoms with Crippen LogP contribution in [0.15, 0.2) is 73.3 Å². The molecule has 0 unspecified atom stereocenters. The van der Waals surface area contributed by atoms with Gasteiger partial charge in [0, 0.05) is 31.3 Å². The van der Waals surface area contributed by atoms with Crippen LogP contribution in [-0.2, 0) is 11.3 Å². The number of aromatic nitrogens is 3. The van der Waals surface area contributed by atoms with E-state index in [1.807, 2.05) is 65.2 Å². The van der Waals surface area contributed by atoms with Gasteiger partial charge in [-0.15, -0.1) is 10.2 Å². The predicted molar refractivity (Wildman–Crippen MR) is 121 cm³/mol. The number of carbonyl (C=O) groups is 2. The molecule has 7 nitrogen and oxygen atoms in total.